The summed E-state index contributed by atoms with van der Waals surface area (Å²) >= 11 is 0. The fourth-order valence-electron chi connectivity index (χ4n) is 3.91. The molecule has 0 saturated carbocycles. The second-order valence-electron chi connectivity index (χ2n) is 7.18. The van der Waals surface area contributed by atoms with Crippen LogP contribution in [0.25, 0.3) is 21.9 Å². The van der Waals surface area contributed by atoms with E-state index in [0.717, 1.165) is 59.4 Å². The molecule has 3 aromatic heterocycles. The summed E-state index contributed by atoms with van der Waals surface area (Å²) in [4.78, 5) is 23.0. The Bertz CT molecular complexity index is 1160. The van der Waals surface area contributed by atoms with Crippen molar-refractivity contribution in [3.63, 3.8) is 0 Å². The largest absolute Gasteiger partial charge is 0.421 e. The molecule has 4 N–H and O–H groups in total. The molecule has 29 heavy (non-hydrogen) atoms. The summed E-state index contributed by atoms with van der Waals surface area (Å²) in [6.07, 6.45) is 6.67. The van der Waals surface area contributed by atoms with E-state index < -0.39 is 0 Å². The zero-order valence-corrected chi connectivity index (χ0v) is 16.1. The lowest BCUT2D eigenvalue weighted by Crippen LogP contribution is -2.43. The zero-order valence-electron chi connectivity index (χ0n) is 16.1. The number of nitrogens with zero attached hydrogens (tertiary/aromatic N) is 5. The number of nitrogens with two attached hydrogens (primary N) is 1. The maximum absolute atomic E-state index is 6.25. The third kappa shape index (κ3) is 3.19. The number of fused-ring (bicyclic) bond motifs is 3. The van der Waals surface area contributed by atoms with Gasteiger partial charge >= 0.3 is 6.01 Å². The second-order valence-corrected chi connectivity index (χ2v) is 7.18. The summed E-state index contributed by atoms with van der Waals surface area (Å²) in [6.45, 7) is 1.64. The molecule has 0 bridgehead atoms. The first-order chi connectivity index (χ1) is 14.2. The van der Waals surface area contributed by atoms with Crippen LogP contribution in [0.15, 0.2) is 36.9 Å². The Kier molecular flexibility index (Phi) is 4.36. The average molecular weight is 390 g/mol. The van der Waals surface area contributed by atoms with Gasteiger partial charge in [-0.2, -0.15) is 9.97 Å². The molecule has 148 valence electrons. The number of nitrogens with one attached hydrogen (secondary N) is 2. The monoisotopic (exact) mass is 390 g/mol. The minimum Gasteiger partial charge on any atom is -0.421 e. The number of aromatic amines is 1. The number of anilines is 2. The van der Waals surface area contributed by atoms with Crippen LogP contribution in [0.4, 0.5) is 11.5 Å². The molecular formula is C20H22N8O. The Labute approximate surface area is 167 Å². The van der Waals surface area contributed by atoms with E-state index in [1.165, 1.54) is 6.33 Å². The van der Waals surface area contributed by atoms with Crippen molar-refractivity contribution in [2.24, 2.45) is 5.73 Å². The Morgan fingerprint density at radius 1 is 1.24 bits per heavy atom. The van der Waals surface area contributed by atoms with Gasteiger partial charge in [-0.05, 0) is 18.9 Å². The summed E-state index contributed by atoms with van der Waals surface area (Å²) < 4.78 is 5.86. The summed E-state index contributed by atoms with van der Waals surface area (Å²) in [5.41, 5.74) is 8.96. The number of para-hydroxylation sites is 1. The van der Waals surface area contributed by atoms with Gasteiger partial charge < -0.3 is 25.7 Å². The number of piperidine rings is 1. The molecule has 1 aliphatic rings. The summed E-state index contributed by atoms with van der Waals surface area (Å²) in [5, 5.41) is 5.27. The number of rotatable bonds is 4. The number of H-pyrrole nitrogens is 1. The maximum atomic E-state index is 6.25. The van der Waals surface area contributed by atoms with Gasteiger partial charge in [0.15, 0.2) is 5.75 Å². The Morgan fingerprint density at radius 2 is 2.10 bits per heavy atom. The summed E-state index contributed by atoms with van der Waals surface area (Å²) in [7, 11) is 1.90. The van der Waals surface area contributed by atoms with E-state index >= 15 is 0 Å². The highest BCUT2D eigenvalue weighted by Gasteiger charge is 2.24. The molecule has 1 aliphatic heterocycles. The lowest BCUT2D eigenvalue weighted by molar-refractivity contribution is 0.437. The van der Waals surface area contributed by atoms with Gasteiger partial charge in [0.1, 0.15) is 17.8 Å². The van der Waals surface area contributed by atoms with Crippen molar-refractivity contribution >= 4 is 33.4 Å². The first-order valence-electron chi connectivity index (χ1n) is 9.66. The topological polar surface area (TPSA) is 118 Å². The second kappa shape index (κ2) is 7.17. The fourth-order valence-corrected chi connectivity index (χ4v) is 3.91. The first kappa shape index (κ1) is 17.6. The van der Waals surface area contributed by atoms with E-state index in [4.69, 9.17) is 15.5 Å². The molecule has 0 spiro atoms. The fraction of sp³-hybridized carbons (Fsp3) is 0.300. The molecule has 9 heteroatoms. The van der Waals surface area contributed by atoms with Crippen molar-refractivity contribution < 1.29 is 4.74 Å². The van der Waals surface area contributed by atoms with Gasteiger partial charge in [0.05, 0.1) is 29.0 Å². The molecule has 0 unspecified atom stereocenters. The smallest absolute Gasteiger partial charge is 0.326 e. The quantitative estimate of drug-likeness (QED) is 0.487. The van der Waals surface area contributed by atoms with Crippen molar-refractivity contribution in [2.75, 3.05) is 30.4 Å². The van der Waals surface area contributed by atoms with E-state index in [-0.39, 0.29) is 12.1 Å². The van der Waals surface area contributed by atoms with Crippen LogP contribution in [-0.4, -0.2) is 51.1 Å². The average Bonchev–Trinajstić information content (AvgIpc) is 3.12. The highest BCUT2D eigenvalue weighted by molar-refractivity contribution is 6.14. The standard InChI is InChI=1S/C20H22N8O/c1-22-15-6-2-5-14-16-18(25-17(14)15)26-20(29-13-8-23-11-24-9-13)27-19(16)28-7-3-4-12(21)10-28/h2,5-6,8-9,11-12,22H,3-4,7,10,21H2,1H3,(H,25,26,27)/t12-/m0/s1. The molecule has 9 nitrogen and oxygen atoms in total. The van der Waals surface area contributed by atoms with Gasteiger partial charge in [-0.1, -0.05) is 12.1 Å². The SMILES string of the molecule is CNc1cccc2c1[nH]c1nc(Oc3cncnc3)nc(N3CCC[C@H](N)C3)c12. The molecule has 5 rings (SSSR count). The molecule has 0 aliphatic carbocycles. The molecule has 0 radical (unpaired) electrons. The van der Waals surface area contributed by atoms with E-state index in [1.54, 1.807) is 12.4 Å². The number of hydrogen-bond acceptors (Lipinski definition) is 8. The number of benzene rings is 1. The normalized spacial score (nSPS) is 17.0. The van der Waals surface area contributed by atoms with Crippen LogP contribution in [-0.2, 0) is 0 Å². The van der Waals surface area contributed by atoms with Gasteiger partial charge in [0.2, 0.25) is 0 Å². The molecule has 4 aromatic rings. The van der Waals surface area contributed by atoms with Crippen LogP contribution in [0.1, 0.15) is 12.8 Å². The molecule has 1 saturated heterocycles. The minimum atomic E-state index is 0.124. The van der Waals surface area contributed by atoms with Gasteiger partial charge in [0.25, 0.3) is 0 Å². The first-order valence-corrected chi connectivity index (χ1v) is 9.66. The predicted octanol–water partition coefficient (Wildman–Crippen LogP) is 2.66. The van der Waals surface area contributed by atoms with Crippen molar-refractivity contribution in [1.29, 1.82) is 0 Å². The van der Waals surface area contributed by atoms with Crippen molar-refractivity contribution in [2.45, 2.75) is 18.9 Å². The highest BCUT2D eigenvalue weighted by atomic mass is 16.5. The van der Waals surface area contributed by atoms with Crippen LogP contribution < -0.4 is 20.7 Å². The van der Waals surface area contributed by atoms with E-state index in [9.17, 15) is 0 Å². The van der Waals surface area contributed by atoms with Gasteiger partial charge in [0, 0.05) is 31.6 Å². The van der Waals surface area contributed by atoms with Crippen LogP contribution in [0, 0.1) is 0 Å². The number of ether oxygens (including phenoxy) is 1. The predicted molar refractivity (Wildman–Crippen MR) is 112 cm³/mol. The molecule has 1 aromatic carbocycles. The van der Waals surface area contributed by atoms with Crippen molar-refractivity contribution in [1.82, 2.24) is 24.9 Å². The highest BCUT2D eigenvalue weighted by Crippen LogP contribution is 2.37. The zero-order chi connectivity index (χ0) is 19.8. The van der Waals surface area contributed by atoms with Gasteiger partial charge in [-0.15, -0.1) is 0 Å². The van der Waals surface area contributed by atoms with Crippen LogP contribution in [0.5, 0.6) is 11.8 Å². The van der Waals surface area contributed by atoms with E-state index in [2.05, 4.69) is 36.2 Å². The maximum Gasteiger partial charge on any atom is 0.326 e. The Hall–Kier alpha value is -3.46. The van der Waals surface area contributed by atoms with Crippen molar-refractivity contribution in [3.05, 3.63) is 36.9 Å². The van der Waals surface area contributed by atoms with Gasteiger partial charge in [-0.25, -0.2) is 9.97 Å². The third-order valence-corrected chi connectivity index (χ3v) is 5.22. The summed E-state index contributed by atoms with van der Waals surface area (Å²) in [6, 6.07) is 6.51. The molecule has 0 amide bonds. The van der Waals surface area contributed by atoms with Crippen LogP contribution in [0.2, 0.25) is 0 Å². The van der Waals surface area contributed by atoms with Crippen LogP contribution in [0.3, 0.4) is 0 Å². The number of hydrogen-bond donors (Lipinski definition) is 3. The van der Waals surface area contributed by atoms with E-state index in [1.807, 2.05) is 19.2 Å². The lowest BCUT2D eigenvalue weighted by atomic mass is 10.1. The molecule has 1 fully saturated rings. The van der Waals surface area contributed by atoms with E-state index in [0.29, 0.717) is 5.75 Å². The van der Waals surface area contributed by atoms with Crippen LogP contribution >= 0.6 is 0 Å². The van der Waals surface area contributed by atoms with Gasteiger partial charge in [-0.3, -0.25) is 0 Å². The molecular weight excluding hydrogens is 368 g/mol. The molecule has 4 heterocycles. The Balaban J connectivity index is 1.71. The molecule has 1 atom stereocenters. The Morgan fingerprint density at radius 3 is 2.90 bits per heavy atom. The summed E-state index contributed by atoms with van der Waals surface area (Å²) in [5.74, 6) is 1.32. The number of aromatic nitrogens is 5. The minimum absolute atomic E-state index is 0.124. The lowest BCUT2D eigenvalue weighted by Gasteiger charge is -2.32. The third-order valence-electron chi connectivity index (χ3n) is 5.22. The van der Waals surface area contributed by atoms with Crippen molar-refractivity contribution in [3.8, 4) is 11.8 Å².